The van der Waals surface area contributed by atoms with Gasteiger partial charge in [-0.25, -0.2) is 4.39 Å². The summed E-state index contributed by atoms with van der Waals surface area (Å²) in [6, 6.07) is 7.20. The summed E-state index contributed by atoms with van der Waals surface area (Å²) in [6.45, 7) is 6.47. The fraction of sp³-hybridized carbons (Fsp3) is 0.429. The van der Waals surface area contributed by atoms with E-state index in [-0.39, 0.29) is 17.7 Å². The maximum atomic E-state index is 13.5. The highest BCUT2D eigenvalue weighted by atomic mass is 19.1. The Balaban J connectivity index is 1.70. The van der Waals surface area contributed by atoms with E-state index in [1.54, 1.807) is 19.2 Å². The number of carbonyl (C=O) groups excluding carboxylic acids is 1. The van der Waals surface area contributed by atoms with Crippen LogP contribution < -0.4 is 0 Å². The molecule has 0 bridgehead atoms. The van der Waals surface area contributed by atoms with Crippen molar-refractivity contribution in [3.05, 3.63) is 53.6 Å². The molecule has 3 rings (SSSR count). The molecule has 0 N–H and O–H groups in total. The van der Waals surface area contributed by atoms with Gasteiger partial charge in [0, 0.05) is 31.0 Å². The molecule has 0 aliphatic carbocycles. The van der Waals surface area contributed by atoms with Crippen LogP contribution in [-0.2, 0) is 16.1 Å². The van der Waals surface area contributed by atoms with Crippen molar-refractivity contribution in [1.29, 1.82) is 0 Å². The molecule has 0 radical (unpaired) electrons. The molecule has 1 saturated heterocycles. The van der Waals surface area contributed by atoms with Crippen molar-refractivity contribution < 1.29 is 13.9 Å². The summed E-state index contributed by atoms with van der Waals surface area (Å²) < 4.78 is 18.7. The molecular weight excluding hydrogens is 331 g/mol. The van der Waals surface area contributed by atoms with E-state index in [1.165, 1.54) is 6.07 Å². The van der Waals surface area contributed by atoms with Gasteiger partial charge in [-0.05, 0) is 68.1 Å². The first-order valence-corrected chi connectivity index (χ1v) is 9.16. The minimum Gasteiger partial charge on any atom is -0.466 e. The molecule has 1 aromatic heterocycles. The number of piperidine rings is 1. The zero-order valence-corrected chi connectivity index (χ0v) is 15.4. The first-order chi connectivity index (χ1) is 12.6. The van der Waals surface area contributed by atoms with Gasteiger partial charge >= 0.3 is 5.97 Å². The Kier molecular flexibility index (Phi) is 5.99. The summed E-state index contributed by atoms with van der Waals surface area (Å²) in [4.78, 5) is 18.6. The molecule has 26 heavy (non-hydrogen) atoms. The van der Waals surface area contributed by atoms with Crippen molar-refractivity contribution in [2.45, 2.75) is 33.2 Å². The van der Waals surface area contributed by atoms with Crippen LogP contribution in [0.1, 0.15) is 30.9 Å². The van der Waals surface area contributed by atoms with Gasteiger partial charge in [-0.15, -0.1) is 0 Å². The van der Waals surface area contributed by atoms with E-state index >= 15 is 0 Å². The third kappa shape index (κ3) is 4.47. The van der Waals surface area contributed by atoms with Crippen LogP contribution in [0, 0.1) is 18.7 Å². The van der Waals surface area contributed by atoms with Gasteiger partial charge in [0.15, 0.2) is 0 Å². The average molecular weight is 356 g/mol. The molecule has 1 aromatic carbocycles. The van der Waals surface area contributed by atoms with E-state index in [0.29, 0.717) is 12.2 Å². The highest BCUT2D eigenvalue weighted by Crippen LogP contribution is 2.24. The predicted octanol–water partition coefficient (Wildman–Crippen LogP) is 3.97. The minimum absolute atomic E-state index is 0.0420. The van der Waals surface area contributed by atoms with E-state index in [9.17, 15) is 9.18 Å². The fourth-order valence-corrected chi connectivity index (χ4v) is 3.47. The van der Waals surface area contributed by atoms with Crippen LogP contribution >= 0.6 is 0 Å². The Morgan fingerprint density at radius 2 is 2.15 bits per heavy atom. The molecular formula is C21H25FN2O2. The molecule has 138 valence electrons. The third-order valence-electron chi connectivity index (χ3n) is 4.82. The van der Waals surface area contributed by atoms with Crippen LogP contribution in [0.3, 0.4) is 0 Å². The number of benzene rings is 1. The van der Waals surface area contributed by atoms with Crippen LogP contribution in [0.2, 0.25) is 0 Å². The lowest BCUT2D eigenvalue weighted by Gasteiger charge is -2.31. The Hall–Kier alpha value is -2.27. The molecule has 4 nitrogen and oxygen atoms in total. The van der Waals surface area contributed by atoms with Crippen molar-refractivity contribution in [3.8, 4) is 11.1 Å². The molecule has 0 saturated carbocycles. The average Bonchev–Trinajstić information content (AvgIpc) is 2.65. The molecule has 5 heteroatoms. The Morgan fingerprint density at radius 1 is 1.31 bits per heavy atom. The summed E-state index contributed by atoms with van der Waals surface area (Å²) in [5.41, 5.74) is 3.65. The maximum absolute atomic E-state index is 13.5. The van der Waals surface area contributed by atoms with Crippen LogP contribution in [0.25, 0.3) is 11.1 Å². The number of ether oxygens (including phenoxy) is 1. The van der Waals surface area contributed by atoms with Crippen LogP contribution in [0.5, 0.6) is 0 Å². The fourth-order valence-electron chi connectivity index (χ4n) is 3.47. The van der Waals surface area contributed by atoms with E-state index in [1.807, 2.05) is 19.2 Å². The van der Waals surface area contributed by atoms with Crippen molar-refractivity contribution in [3.63, 3.8) is 0 Å². The lowest BCUT2D eigenvalue weighted by atomic mass is 9.97. The number of halogens is 1. The topological polar surface area (TPSA) is 42.4 Å². The molecule has 1 aliphatic heterocycles. The summed E-state index contributed by atoms with van der Waals surface area (Å²) in [5.74, 6) is -0.332. The zero-order chi connectivity index (χ0) is 18.5. The molecule has 0 unspecified atom stereocenters. The molecule has 2 aromatic rings. The van der Waals surface area contributed by atoms with Crippen molar-refractivity contribution in [2.75, 3.05) is 19.7 Å². The number of aryl methyl sites for hydroxylation is 1. The number of pyridine rings is 1. The number of rotatable bonds is 5. The van der Waals surface area contributed by atoms with Crippen LogP contribution in [-0.4, -0.2) is 35.5 Å². The Bertz CT molecular complexity index is 778. The van der Waals surface area contributed by atoms with Gasteiger partial charge in [0.05, 0.1) is 12.5 Å². The third-order valence-corrected chi connectivity index (χ3v) is 4.82. The van der Waals surface area contributed by atoms with Gasteiger partial charge in [-0.2, -0.15) is 0 Å². The number of aromatic nitrogens is 1. The van der Waals surface area contributed by atoms with E-state index in [2.05, 4.69) is 16.0 Å². The highest BCUT2D eigenvalue weighted by molar-refractivity contribution is 5.72. The number of hydrogen-bond acceptors (Lipinski definition) is 4. The quantitative estimate of drug-likeness (QED) is 0.760. The monoisotopic (exact) mass is 356 g/mol. The lowest BCUT2D eigenvalue weighted by Crippen LogP contribution is -2.38. The number of likely N-dealkylation sites (tertiary alicyclic amines) is 1. The second-order valence-corrected chi connectivity index (χ2v) is 6.87. The molecule has 0 amide bonds. The van der Waals surface area contributed by atoms with Gasteiger partial charge in [0.1, 0.15) is 5.82 Å². The number of carbonyl (C=O) groups is 1. The molecule has 0 spiro atoms. The predicted molar refractivity (Wildman–Crippen MR) is 99.0 cm³/mol. The first-order valence-electron chi connectivity index (χ1n) is 9.16. The van der Waals surface area contributed by atoms with Crippen molar-refractivity contribution in [2.24, 2.45) is 5.92 Å². The van der Waals surface area contributed by atoms with Gasteiger partial charge in [0.25, 0.3) is 0 Å². The summed E-state index contributed by atoms with van der Waals surface area (Å²) in [6.07, 6.45) is 5.54. The standard InChI is InChI=1S/C21H25FN2O2/c1-3-26-21(25)18-5-4-8-24(14-18)13-16-10-19(12-23-11-16)17-6-7-20(22)15(2)9-17/h6-7,9-12,18H,3-5,8,13-14H2,1-2H3/t18-/m1/s1. The Morgan fingerprint density at radius 3 is 2.92 bits per heavy atom. The van der Waals surface area contributed by atoms with Gasteiger partial charge in [0.2, 0.25) is 0 Å². The first kappa shape index (κ1) is 18.5. The van der Waals surface area contributed by atoms with Gasteiger partial charge in [-0.3, -0.25) is 14.7 Å². The molecule has 1 fully saturated rings. The smallest absolute Gasteiger partial charge is 0.310 e. The second-order valence-electron chi connectivity index (χ2n) is 6.87. The van der Waals surface area contributed by atoms with Crippen LogP contribution in [0.4, 0.5) is 4.39 Å². The van der Waals surface area contributed by atoms with E-state index in [0.717, 1.165) is 49.2 Å². The lowest BCUT2D eigenvalue weighted by molar-refractivity contribution is -0.150. The van der Waals surface area contributed by atoms with Crippen molar-refractivity contribution in [1.82, 2.24) is 9.88 Å². The van der Waals surface area contributed by atoms with E-state index in [4.69, 9.17) is 4.74 Å². The summed E-state index contributed by atoms with van der Waals surface area (Å²) in [5, 5.41) is 0. The summed E-state index contributed by atoms with van der Waals surface area (Å²) >= 11 is 0. The maximum Gasteiger partial charge on any atom is 0.310 e. The number of esters is 1. The van der Waals surface area contributed by atoms with Crippen LogP contribution in [0.15, 0.2) is 36.7 Å². The van der Waals surface area contributed by atoms with Crippen molar-refractivity contribution >= 4 is 5.97 Å². The number of nitrogens with zero attached hydrogens (tertiary/aromatic N) is 2. The Labute approximate surface area is 154 Å². The highest BCUT2D eigenvalue weighted by Gasteiger charge is 2.26. The minimum atomic E-state index is -0.198. The normalized spacial score (nSPS) is 17.9. The largest absolute Gasteiger partial charge is 0.466 e. The summed E-state index contributed by atoms with van der Waals surface area (Å²) in [7, 11) is 0. The van der Waals surface area contributed by atoms with Gasteiger partial charge in [-0.1, -0.05) is 6.07 Å². The molecule has 2 heterocycles. The zero-order valence-electron chi connectivity index (χ0n) is 15.4. The number of hydrogen-bond donors (Lipinski definition) is 0. The second kappa shape index (κ2) is 8.41. The van der Waals surface area contributed by atoms with E-state index < -0.39 is 0 Å². The molecule has 1 aliphatic rings. The SMILES string of the molecule is CCOC(=O)[C@@H]1CCCN(Cc2cncc(-c3ccc(F)c(C)c3)c2)C1. The van der Waals surface area contributed by atoms with Gasteiger partial charge < -0.3 is 4.74 Å². The molecule has 1 atom stereocenters.